The van der Waals surface area contributed by atoms with Gasteiger partial charge in [0.1, 0.15) is 11.4 Å². The molecule has 0 atom stereocenters. The van der Waals surface area contributed by atoms with E-state index in [1.54, 1.807) is 21.0 Å². The molecule has 1 aromatic carbocycles. The molecule has 0 aromatic heterocycles. The van der Waals surface area contributed by atoms with E-state index in [-0.39, 0.29) is 0 Å². The van der Waals surface area contributed by atoms with Crippen molar-refractivity contribution in [3.8, 4) is 5.75 Å². The summed E-state index contributed by atoms with van der Waals surface area (Å²) >= 11 is 5.40. The third-order valence-electron chi connectivity index (χ3n) is 2.23. The van der Waals surface area contributed by atoms with Crippen molar-refractivity contribution in [2.24, 2.45) is 0 Å². The summed E-state index contributed by atoms with van der Waals surface area (Å²) in [5.74, 6) is 0.788. The molecular formula is C12H15ClO3. The number of hydrogen-bond acceptors (Lipinski definition) is 3. The van der Waals surface area contributed by atoms with Gasteiger partial charge in [-0.1, -0.05) is 12.1 Å². The topological polar surface area (TPSA) is 35.5 Å². The van der Waals surface area contributed by atoms with Crippen molar-refractivity contribution >= 4 is 16.8 Å². The number of benzene rings is 1. The van der Waals surface area contributed by atoms with Crippen molar-refractivity contribution < 1.29 is 14.3 Å². The van der Waals surface area contributed by atoms with E-state index >= 15 is 0 Å². The first-order valence-corrected chi connectivity index (χ1v) is 5.30. The van der Waals surface area contributed by atoms with Gasteiger partial charge in [-0.25, -0.2) is 0 Å². The zero-order chi connectivity index (χ0) is 12.2. The first-order valence-electron chi connectivity index (χ1n) is 4.92. The second-order valence-corrected chi connectivity index (χ2v) is 4.26. The van der Waals surface area contributed by atoms with Crippen LogP contribution in [0.25, 0.3) is 0 Å². The van der Waals surface area contributed by atoms with Crippen LogP contribution in [0.4, 0.5) is 0 Å². The highest BCUT2D eigenvalue weighted by Gasteiger charge is 2.26. The van der Waals surface area contributed by atoms with Gasteiger partial charge < -0.3 is 9.47 Å². The lowest BCUT2D eigenvalue weighted by Crippen LogP contribution is -2.31. The Morgan fingerprint density at radius 3 is 2.31 bits per heavy atom. The molecule has 0 spiro atoms. The van der Waals surface area contributed by atoms with E-state index in [0.717, 1.165) is 11.3 Å². The van der Waals surface area contributed by atoms with E-state index < -0.39 is 10.8 Å². The summed E-state index contributed by atoms with van der Waals surface area (Å²) in [6.45, 7) is 3.63. The molecule has 16 heavy (non-hydrogen) atoms. The van der Waals surface area contributed by atoms with Crippen LogP contribution in [0.1, 0.15) is 19.4 Å². The fourth-order valence-corrected chi connectivity index (χ4v) is 1.10. The molecule has 0 aliphatic carbocycles. The molecule has 1 aromatic rings. The fraction of sp³-hybridized carbons (Fsp3) is 0.417. The van der Waals surface area contributed by atoms with Crippen LogP contribution >= 0.6 is 11.6 Å². The molecule has 3 nitrogen and oxygen atoms in total. The lowest BCUT2D eigenvalue weighted by molar-refractivity contribution is -0.133. The third kappa shape index (κ3) is 3.51. The van der Waals surface area contributed by atoms with Crippen molar-refractivity contribution in [3.63, 3.8) is 0 Å². The molecule has 0 aliphatic heterocycles. The predicted octanol–water partition coefficient (Wildman–Crippen LogP) is 2.76. The molecule has 0 fully saturated rings. The number of hydrogen-bond donors (Lipinski definition) is 0. The van der Waals surface area contributed by atoms with E-state index in [0.29, 0.717) is 6.61 Å². The molecule has 0 bridgehead atoms. The lowest BCUT2D eigenvalue weighted by Gasteiger charge is -2.20. The summed E-state index contributed by atoms with van der Waals surface area (Å²) < 4.78 is 10.5. The molecule has 0 radical (unpaired) electrons. The Morgan fingerprint density at radius 1 is 1.31 bits per heavy atom. The van der Waals surface area contributed by atoms with Crippen molar-refractivity contribution in [3.05, 3.63) is 29.8 Å². The SMILES string of the molecule is COc1ccc(COC(C)(C)C(=O)Cl)cc1. The fourth-order valence-electron chi connectivity index (χ4n) is 1.04. The highest BCUT2D eigenvalue weighted by Crippen LogP contribution is 2.17. The summed E-state index contributed by atoms with van der Waals surface area (Å²) in [6.07, 6.45) is 0. The summed E-state index contributed by atoms with van der Waals surface area (Å²) in [4.78, 5) is 11.0. The minimum Gasteiger partial charge on any atom is -0.497 e. The molecule has 0 aliphatic rings. The minimum atomic E-state index is -0.957. The molecule has 4 heteroatoms. The van der Waals surface area contributed by atoms with E-state index in [1.807, 2.05) is 24.3 Å². The molecule has 0 saturated heterocycles. The van der Waals surface area contributed by atoms with Gasteiger partial charge in [-0.2, -0.15) is 0 Å². The van der Waals surface area contributed by atoms with Gasteiger partial charge in [-0.05, 0) is 43.1 Å². The maximum Gasteiger partial charge on any atom is 0.253 e. The average Bonchev–Trinajstić information content (AvgIpc) is 2.27. The van der Waals surface area contributed by atoms with Crippen LogP contribution in [0.2, 0.25) is 0 Å². The van der Waals surface area contributed by atoms with Crippen LogP contribution in [-0.2, 0) is 16.1 Å². The van der Waals surface area contributed by atoms with Crippen LogP contribution in [0.3, 0.4) is 0 Å². The van der Waals surface area contributed by atoms with E-state index in [2.05, 4.69) is 0 Å². The lowest BCUT2D eigenvalue weighted by atomic mass is 10.1. The van der Waals surface area contributed by atoms with Gasteiger partial charge in [0.15, 0.2) is 0 Å². The van der Waals surface area contributed by atoms with Gasteiger partial charge in [-0.3, -0.25) is 4.79 Å². The Balaban J connectivity index is 2.58. The van der Waals surface area contributed by atoms with Gasteiger partial charge in [0.25, 0.3) is 5.24 Å². The van der Waals surface area contributed by atoms with Crippen LogP contribution < -0.4 is 4.74 Å². The molecule has 0 amide bonds. The highest BCUT2D eigenvalue weighted by atomic mass is 35.5. The standard InChI is InChI=1S/C12H15ClO3/c1-12(2,11(13)14)16-8-9-4-6-10(15-3)7-5-9/h4-7H,8H2,1-3H3. The Kier molecular flexibility index (Phi) is 4.33. The quantitative estimate of drug-likeness (QED) is 0.745. The number of carbonyl (C=O) groups excluding carboxylic acids is 1. The van der Waals surface area contributed by atoms with Gasteiger partial charge >= 0.3 is 0 Å². The first kappa shape index (κ1) is 13.0. The number of carbonyl (C=O) groups is 1. The molecule has 0 unspecified atom stereocenters. The van der Waals surface area contributed by atoms with Crippen LogP contribution in [0.15, 0.2) is 24.3 Å². The zero-order valence-corrected chi connectivity index (χ0v) is 10.4. The zero-order valence-electron chi connectivity index (χ0n) is 9.62. The maximum absolute atomic E-state index is 11.0. The molecule has 0 heterocycles. The monoisotopic (exact) mass is 242 g/mol. The number of ether oxygens (including phenoxy) is 2. The molecule has 88 valence electrons. The first-order chi connectivity index (χ1) is 7.45. The summed E-state index contributed by atoms with van der Waals surface area (Å²) in [6, 6.07) is 7.45. The van der Waals surface area contributed by atoms with Crippen molar-refractivity contribution in [2.45, 2.75) is 26.1 Å². The van der Waals surface area contributed by atoms with Gasteiger partial charge in [0.05, 0.1) is 13.7 Å². The minimum absolute atomic E-state index is 0.343. The van der Waals surface area contributed by atoms with Crippen molar-refractivity contribution in [2.75, 3.05) is 7.11 Å². The Labute approximate surface area is 100 Å². The highest BCUT2D eigenvalue weighted by molar-refractivity contribution is 6.65. The van der Waals surface area contributed by atoms with Gasteiger partial charge in [0.2, 0.25) is 0 Å². The summed E-state index contributed by atoms with van der Waals surface area (Å²) in [7, 11) is 1.61. The molecule has 0 N–H and O–H groups in total. The van der Waals surface area contributed by atoms with Crippen LogP contribution in [0, 0.1) is 0 Å². The van der Waals surface area contributed by atoms with E-state index in [9.17, 15) is 4.79 Å². The summed E-state index contributed by atoms with van der Waals surface area (Å²) in [5.41, 5.74) is 0.00776. The number of methoxy groups -OCH3 is 1. The Hall–Kier alpha value is -1.06. The largest absolute Gasteiger partial charge is 0.497 e. The third-order valence-corrected chi connectivity index (χ3v) is 2.69. The maximum atomic E-state index is 11.0. The molecule has 1 rings (SSSR count). The average molecular weight is 243 g/mol. The predicted molar refractivity (Wildman–Crippen MR) is 62.7 cm³/mol. The number of rotatable bonds is 5. The molecular weight excluding hydrogens is 228 g/mol. The summed E-state index contributed by atoms with van der Waals surface area (Å²) in [5, 5.41) is -0.499. The van der Waals surface area contributed by atoms with Crippen LogP contribution in [-0.4, -0.2) is 18.0 Å². The smallest absolute Gasteiger partial charge is 0.253 e. The van der Waals surface area contributed by atoms with E-state index in [4.69, 9.17) is 21.1 Å². The van der Waals surface area contributed by atoms with Gasteiger partial charge in [-0.15, -0.1) is 0 Å². The number of halogens is 1. The van der Waals surface area contributed by atoms with Crippen LogP contribution in [0.5, 0.6) is 5.75 Å². The van der Waals surface area contributed by atoms with E-state index in [1.165, 1.54) is 0 Å². The Bertz CT molecular complexity index is 357. The Morgan fingerprint density at radius 2 is 1.88 bits per heavy atom. The second kappa shape index (κ2) is 5.32. The normalized spacial score (nSPS) is 11.2. The molecule has 0 saturated carbocycles. The van der Waals surface area contributed by atoms with Gasteiger partial charge in [0, 0.05) is 0 Å². The second-order valence-electron chi connectivity index (χ2n) is 3.92. The van der Waals surface area contributed by atoms with Crippen molar-refractivity contribution in [1.29, 1.82) is 0 Å². The van der Waals surface area contributed by atoms with Crippen molar-refractivity contribution in [1.82, 2.24) is 0 Å².